The summed E-state index contributed by atoms with van der Waals surface area (Å²) in [5, 5.41) is 6.87. The topological polar surface area (TPSA) is 54.3 Å². The van der Waals surface area contributed by atoms with Gasteiger partial charge >= 0.3 is 0 Å². The lowest BCUT2D eigenvalue weighted by Crippen LogP contribution is -2.26. The number of halogens is 1. The second kappa shape index (κ2) is 7.31. The van der Waals surface area contributed by atoms with Gasteiger partial charge in [0, 0.05) is 11.9 Å². The van der Waals surface area contributed by atoms with E-state index in [1.54, 1.807) is 6.07 Å². The number of carbonyl (C=O) groups excluding carboxylic acids is 1. The minimum Gasteiger partial charge on any atom is -0.451 e. The van der Waals surface area contributed by atoms with E-state index in [-0.39, 0.29) is 18.3 Å². The Bertz CT molecular complexity index is 554. The Hall–Kier alpha value is -1.52. The van der Waals surface area contributed by atoms with Crippen LogP contribution in [0.3, 0.4) is 0 Å². The molecule has 1 aromatic heterocycles. The first-order valence-corrected chi connectivity index (χ1v) is 6.55. The average Bonchev–Trinajstić information content (AvgIpc) is 2.78. The summed E-state index contributed by atoms with van der Waals surface area (Å²) in [4.78, 5) is 11.9. The first kappa shape index (κ1) is 16.5. The fraction of sp³-hybridized carbons (Fsp3) is 0.400. The lowest BCUT2D eigenvalue weighted by Gasteiger charge is -2.01. The molecule has 5 heteroatoms. The monoisotopic (exact) mass is 296 g/mol. The van der Waals surface area contributed by atoms with Crippen LogP contribution in [0.4, 0.5) is 0 Å². The van der Waals surface area contributed by atoms with E-state index in [0.717, 1.165) is 23.9 Å². The fourth-order valence-corrected chi connectivity index (χ4v) is 1.97. The maximum Gasteiger partial charge on any atom is 0.287 e. The molecule has 0 fully saturated rings. The predicted octanol–water partition coefficient (Wildman–Crippen LogP) is 2.81. The summed E-state index contributed by atoms with van der Waals surface area (Å²) in [5.41, 5.74) is 3.14. The predicted molar refractivity (Wildman–Crippen MR) is 83.8 cm³/mol. The van der Waals surface area contributed by atoms with Crippen LogP contribution in [-0.4, -0.2) is 26.0 Å². The average molecular weight is 297 g/mol. The van der Waals surface area contributed by atoms with Gasteiger partial charge in [-0.3, -0.25) is 4.79 Å². The number of fused-ring (bicyclic) bond motifs is 1. The third kappa shape index (κ3) is 3.74. The molecule has 0 saturated carbocycles. The van der Waals surface area contributed by atoms with Crippen LogP contribution in [0.15, 0.2) is 22.6 Å². The molecule has 0 aliphatic heterocycles. The zero-order valence-corrected chi connectivity index (χ0v) is 12.9. The van der Waals surface area contributed by atoms with Crippen molar-refractivity contribution in [2.24, 2.45) is 0 Å². The maximum atomic E-state index is 11.9. The molecular weight excluding hydrogens is 276 g/mol. The van der Waals surface area contributed by atoms with Crippen molar-refractivity contribution in [3.63, 3.8) is 0 Å². The number of benzene rings is 1. The number of furan rings is 1. The van der Waals surface area contributed by atoms with Crippen LogP contribution >= 0.6 is 12.4 Å². The molecule has 0 aliphatic carbocycles. The lowest BCUT2D eigenvalue weighted by molar-refractivity contribution is 0.0928. The summed E-state index contributed by atoms with van der Waals surface area (Å²) >= 11 is 0. The summed E-state index contributed by atoms with van der Waals surface area (Å²) in [6.45, 7) is 5.63. The highest BCUT2D eigenvalue weighted by Crippen LogP contribution is 2.23. The minimum absolute atomic E-state index is 0. The molecule has 2 N–H and O–H groups in total. The van der Waals surface area contributed by atoms with Crippen LogP contribution < -0.4 is 10.6 Å². The van der Waals surface area contributed by atoms with E-state index in [9.17, 15) is 4.79 Å². The summed E-state index contributed by atoms with van der Waals surface area (Å²) < 4.78 is 5.60. The molecular formula is C15H21ClN2O2. The molecule has 2 aromatic rings. The lowest BCUT2D eigenvalue weighted by atomic mass is 10.1. The number of rotatable bonds is 5. The Kier molecular flexibility index (Phi) is 6.05. The Balaban J connectivity index is 0.00000200. The Labute approximate surface area is 125 Å². The first-order chi connectivity index (χ1) is 9.11. The van der Waals surface area contributed by atoms with E-state index in [4.69, 9.17) is 4.42 Å². The zero-order valence-electron chi connectivity index (χ0n) is 12.1. The third-order valence-electron chi connectivity index (χ3n) is 3.25. The van der Waals surface area contributed by atoms with Crippen LogP contribution in [0.2, 0.25) is 0 Å². The molecule has 1 heterocycles. The second-order valence-corrected chi connectivity index (χ2v) is 4.80. The largest absolute Gasteiger partial charge is 0.451 e. The van der Waals surface area contributed by atoms with Gasteiger partial charge in [0.25, 0.3) is 5.91 Å². The highest BCUT2D eigenvalue weighted by atomic mass is 35.5. The smallest absolute Gasteiger partial charge is 0.287 e. The van der Waals surface area contributed by atoms with Crippen LogP contribution in [0.1, 0.15) is 28.1 Å². The van der Waals surface area contributed by atoms with E-state index in [1.807, 2.05) is 26.1 Å². The molecule has 110 valence electrons. The molecule has 20 heavy (non-hydrogen) atoms. The number of hydrogen-bond donors (Lipinski definition) is 2. The van der Waals surface area contributed by atoms with Gasteiger partial charge in [0.2, 0.25) is 0 Å². The standard InChI is InChI=1S/C15H20N2O2.ClH/c1-10-7-12-9-14(19-13(12)8-11(10)2)15(18)17-6-4-5-16-3;/h7-9,16H,4-6H2,1-3H3,(H,17,18);1H. The van der Waals surface area contributed by atoms with Crippen molar-refractivity contribution < 1.29 is 9.21 Å². The van der Waals surface area contributed by atoms with Gasteiger partial charge in [0.15, 0.2) is 5.76 Å². The zero-order chi connectivity index (χ0) is 13.8. The SMILES string of the molecule is CNCCCNC(=O)c1cc2cc(C)c(C)cc2o1.Cl. The van der Waals surface area contributed by atoms with Crippen molar-refractivity contribution in [1.82, 2.24) is 10.6 Å². The fourth-order valence-electron chi connectivity index (χ4n) is 1.97. The van der Waals surface area contributed by atoms with Gasteiger partial charge in [-0.1, -0.05) is 0 Å². The highest BCUT2D eigenvalue weighted by Gasteiger charge is 2.12. The summed E-state index contributed by atoms with van der Waals surface area (Å²) in [7, 11) is 1.89. The summed E-state index contributed by atoms with van der Waals surface area (Å²) in [5.74, 6) is 0.229. The minimum atomic E-state index is -0.150. The molecule has 0 spiro atoms. The molecule has 0 aliphatic rings. The van der Waals surface area contributed by atoms with Crippen LogP contribution in [0.25, 0.3) is 11.0 Å². The van der Waals surface area contributed by atoms with Gasteiger partial charge < -0.3 is 15.1 Å². The van der Waals surface area contributed by atoms with Gasteiger partial charge in [-0.15, -0.1) is 12.4 Å². The second-order valence-electron chi connectivity index (χ2n) is 4.80. The summed E-state index contributed by atoms with van der Waals surface area (Å²) in [6, 6.07) is 5.82. The van der Waals surface area contributed by atoms with Crippen molar-refractivity contribution in [3.8, 4) is 0 Å². The first-order valence-electron chi connectivity index (χ1n) is 6.55. The number of aryl methyl sites for hydroxylation is 2. The van der Waals surface area contributed by atoms with Gasteiger partial charge in [0.1, 0.15) is 5.58 Å². The molecule has 0 radical (unpaired) electrons. The van der Waals surface area contributed by atoms with Crippen LogP contribution in [-0.2, 0) is 0 Å². The Morgan fingerprint density at radius 2 is 1.85 bits per heavy atom. The molecule has 0 unspecified atom stereocenters. The Morgan fingerprint density at radius 3 is 2.55 bits per heavy atom. The molecule has 0 bridgehead atoms. The van der Waals surface area contributed by atoms with Crippen molar-refractivity contribution >= 4 is 29.3 Å². The number of nitrogens with one attached hydrogen (secondary N) is 2. The van der Waals surface area contributed by atoms with E-state index < -0.39 is 0 Å². The van der Waals surface area contributed by atoms with Gasteiger partial charge in [-0.2, -0.15) is 0 Å². The maximum absolute atomic E-state index is 11.9. The summed E-state index contributed by atoms with van der Waals surface area (Å²) in [6.07, 6.45) is 0.903. The normalized spacial score (nSPS) is 10.3. The molecule has 1 amide bonds. The number of amides is 1. The van der Waals surface area contributed by atoms with Gasteiger partial charge in [0.05, 0.1) is 0 Å². The molecule has 4 nitrogen and oxygen atoms in total. The molecule has 0 atom stereocenters. The molecule has 0 saturated heterocycles. The van der Waals surface area contributed by atoms with Crippen molar-refractivity contribution in [2.45, 2.75) is 20.3 Å². The van der Waals surface area contributed by atoms with Crippen molar-refractivity contribution in [3.05, 3.63) is 35.1 Å². The van der Waals surface area contributed by atoms with E-state index in [2.05, 4.69) is 17.6 Å². The van der Waals surface area contributed by atoms with E-state index in [1.165, 1.54) is 11.1 Å². The van der Waals surface area contributed by atoms with Crippen molar-refractivity contribution in [2.75, 3.05) is 20.1 Å². The Morgan fingerprint density at radius 1 is 1.15 bits per heavy atom. The molecule has 2 rings (SSSR count). The highest BCUT2D eigenvalue weighted by molar-refractivity contribution is 5.96. The van der Waals surface area contributed by atoms with Crippen molar-refractivity contribution in [1.29, 1.82) is 0 Å². The van der Waals surface area contributed by atoms with E-state index in [0.29, 0.717) is 12.3 Å². The van der Waals surface area contributed by atoms with Gasteiger partial charge in [-0.05, 0) is 63.2 Å². The van der Waals surface area contributed by atoms with Crippen LogP contribution in [0, 0.1) is 13.8 Å². The van der Waals surface area contributed by atoms with E-state index >= 15 is 0 Å². The molecule has 1 aromatic carbocycles. The van der Waals surface area contributed by atoms with Crippen LogP contribution in [0.5, 0.6) is 0 Å². The van der Waals surface area contributed by atoms with Gasteiger partial charge in [-0.25, -0.2) is 0 Å². The third-order valence-corrected chi connectivity index (χ3v) is 3.25. The number of carbonyl (C=O) groups is 1. The number of hydrogen-bond acceptors (Lipinski definition) is 3. The quantitative estimate of drug-likeness (QED) is 0.834.